The van der Waals surface area contributed by atoms with Gasteiger partial charge in [-0.3, -0.25) is 9.59 Å². The lowest BCUT2D eigenvalue weighted by molar-refractivity contribution is -0.168. The van der Waals surface area contributed by atoms with E-state index in [0.29, 0.717) is 23.2 Å². The highest BCUT2D eigenvalue weighted by Crippen LogP contribution is 2.29. The molecule has 13 heteroatoms. The number of carbonyl (C=O) groups is 4. The molecule has 3 rings (SSSR count). The zero-order chi connectivity index (χ0) is 27.0. The van der Waals surface area contributed by atoms with Crippen LogP contribution in [0.3, 0.4) is 0 Å². The van der Waals surface area contributed by atoms with E-state index >= 15 is 0 Å². The molecule has 1 aliphatic heterocycles. The second-order valence-corrected chi connectivity index (χ2v) is 10.1. The molecule has 0 bridgehead atoms. The third kappa shape index (κ3) is 16.5. The Morgan fingerprint density at radius 1 is 0.914 bits per heavy atom. The maximum Gasteiger partial charge on any atom is 0.418 e. The van der Waals surface area contributed by atoms with Crippen LogP contribution in [-0.4, -0.2) is 71.3 Å². The third-order valence-electron chi connectivity index (χ3n) is 4.62. The Labute approximate surface area is 231 Å². The summed E-state index contributed by atoms with van der Waals surface area (Å²) in [6.07, 6.45) is 8.03. The molecule has 200 valence electrons. The summed E-state index contributed by atoms with van der Waals surface area (Å²) in [6.45, 7) is 4.08. The molecule has 0 saturated carbocycles. The van der Waals surface area contributed by atoms with Crippen molar-refractivity contribution in [3.8, 4) is 0 Å². The number of methoxy groups -OCH3 is 1. The van der Waals surface area contributed by atoms with Crippen molar-refractivity contribution in [3.63, 3.8) is 0 Å². The summed E-state index contributed by atoms with van der Waals surface area (Å²) in [5.41, 5.74) is 0. The molecule has 4 atom stereocenters. The molecule has 2 N–H and O–H groups in total. The van der Waals surface area contributed by atoms with E-state index in [-0.39, 0.29) is 12.2 Å². The summed E-state index contributed by atoms with van der Waals surface area (Å²) in [7, 11) is 1.15. The van der Waals surface area contributed by atoms with Crippen LogP contribution in [0.4, 0.5) is 0 Å². The summed E-state index contributed by atoms with van der Waals surface area (Å²) in [5, 5.41) is 15.8. The molecule has 9 nitrogen and oxygen atoms in total. The normalized spacial score (nSPS) is 24.9. The first-order valence-corrected chi connectivity index (χ1v) is 13.1. The van der Waals surface area contributed by atoms with Crippen LogP contribution < -0.4 is 0 Å². The van der Waals surface area contributed by atoms with Crippen molar-refractivity contribution < 1.29 is 43.6 Å². The van der Waals surface area contributed by atoms with Gasteiger partial charge in [-0.05, 0) is 73.7 Å². The van der Waals surface area contributed by atoms with Crippen molar-refractivity contribution in [1.82, 2.24) is 0 Å². The largest absolute Gasteiger partial charge is 0.461 e. The molecule has 0 aromatic heterocycles. The van der Waals surface area contributed by atoms with E-state index < -0.39 is 28.5 Å². The topological polar surface area (TPSA) is 136 Å². The van der Waals surface area contributed by atoms with Gasteiger partial charge in [0, 0.05) is 22.2 Å². The number of allylic oxidation sites excluding steroid dienone is 1. The lowest BCUT2D eigenvalue weighted by Gasteiger charge is -2.23. The predicted molar refractivity (Wildman–Crippen MR) is 137 cm³/mol. The second kappa shape index (κ2) is 19.3. The fourth-order valence-electron chi connectivity index (χ4n) is 2.75. The molecule has 2 aliphatic carbocycles. The number of hydrogen-bond acceptors (Lipinski definition) is 9. The van der Waals surface area contributed by atoms with Gasteiger partial charge in [0.05, 0.1) is 19.3 Å². The summed E-state index contributed by atoms with van der Waals surface area (Å²) < 4.78 is 15.7. The molecule has 3 aliphatic rings. The number of aliphatic hydroxyl groups is 2. The van der Waals surface area contributed by atoms with Crippen molar-refractivity contribution in [2.24, 2.45) is 5.92 Å². The van der Waals surface area contributed by atoms with E-state index in [9.17, 15) is 19.2 Å². The summed E-state index contributed by atoms with van der Waals surface area (Å²) in [6, 6.07) is 0. The molecule has 4 unspecified atom stereocenters. The van der Waals surface area contributed by atoms with Gasteiger partial charge in [0.15, 0.2) is 0 Å². The van der Waals surface area contributed by atoms with Crippen LogP contribution in [0.1, 0.15) is 45.4 Å². The van der Waals surface area contributed by atoms with Crippen LogP contribution in [0.15, 0.2) is 21.1 Å². The lowest BCUT2D eigenvalue weighted by Crippen LogP contribution is -2.27. The fraction of sp³-hybridized carbons (Fsp3) is 0.636. The van der Waals surface area contributed by atoms with Gasteiger partial charge in [0.2, 0.25) is 0 Å². The summed E-state index contributed by atoms with van der Waals surface area (Å²) >= 11 is 15.5. The maximum absolute atomic E-state index is 11.1. The first-order chi connectivity index (χ1) is 16.4. The van der Waals surface area contributed by atoms with Crippen molar-refractivity contribution >= 4 is 77.5 Å². The van der Waals surface area contributed by atoms with Gasteiger partial charge >= 0.3 is 22.4 Å². The van der Waals surface area contributed by atoms with E-state index in [1.165, 1.54) is 12.8 Å². The summed E-state index contributed by atoms with van der Waals surface area (Å²) in [4.78, 5) is 40.8. The highest BCUT2D eigenvalue weighted by Gasteiger charge is 2.26. The van der Waals surface area contributed by atoms with E-state index in [4.69, 9.17) is 19.7 Å². The Morgan fingerprint density at radius 3 is 1.86 bits per heavy atom. The van der Waals surface area contributed by atoms with Gasteiger partial charge in [-0.15, -0.1) is 0 Å². The van der Waals surface area contributed by atoms with Crippen molar-refractivity contribution in [2.75, 3.05) is 20.3 Å². The molecule has 35 heavy (non-hydrogen) atoms. The molecular weight excluding hydrogens is 639 g/mol. The van der Waals surface area contributed by atoms with Gasteiger partial charge in [-0.1, -0.05) is 44.9 Å². The van der Waals surface area contributed by atoms with Crippen molar-refractivity contribution in [2.45, 2.75) is 63.8 Å². The number of carbonyl (C=O) groups excluding carboxylic acids is 4. The van der Waals surface area contributed by atoms with Crippen LogP contribution in [0, 0.1) is 5.92 Å². The quantitative estimate of drug-likeness (QED) is 0.255. The minimum Gasteiger partial charge on any atom is -0.461 e. The fourth-order valence-corrected chi connectivity index (χ4v) is 4.05. The number of esters is 2. The minimum atomic E-state index is -1.14. The van der Waals surface area contributed by atoms with E-state index in [0.717, 1.165) is 37.6 Å². The van der Waals surface area contributed by atoms with Gasteiger partial charge in [-0.2, -0.15) is 0 Å². The Bertz CT molecular complexity index is 750. The number of rotatable bonds is 2. The average Bonchev–Trinajstić information content (AvgIpc) is 3.39. The Morgan fingerprint density at radius 2 is 1.49 bits per heavy atom. The van der Waals surface area contributed by atoms with Gasteiger partial charge < -0.3 is 24.4 Å². The molecular formula is C22H30Br2Cl2O9. The SMILES string of the molecule is C1CCOC1.COC(=O)C(=O)OC1CCC(C)C=C1Br.O=C(Cl)C(=O)Cl.OC1C=C(Br)C(O)CC1. The van der Waals surface area contributed by atoms with Gasteiger partial charge in [-0.25, -0.2) is 9.59 Å². The van der Waals surface area contributed by atoms with Crippen LogP contribution in [-0.2, 0) is 33.4 Å². The minimum absolute atomic E-state index is 0.354. The maximum atomic E-state index is 11.1. The second-order valence-electron chi connectivity index (χ2n) is 7.57. The van der Waals surface area contributed by atoms with E-state index in [2.05, 4.69) is 66.7 Å². The van der Waals surface area contributed by atoms with Crippen LogP contribution in [0.25, 0.3) is 0 Å². The zero-order valence-corrected chi connectivity index (χ0v) is 24.1. The van der Waals surface area contributed by atoms with E-state index in [1.54, 1.807) is 6.08 Å². The van der Waals surface area contributed by atoms with Gasteiger partial charge in [0.1, 0.15) is 6.10 Å². The zero-order valence-electron chi connectivity index (χ0n) is 19.4. The van der Waals surface area contributed by atoms with Crippen molar-refractivity contribution in [1.29, 1.82) is 0 Å². The first kappa shape index (κ1) is 34.2. The Balaban J connectivity index is 0.000000488. The number of hydrogen-bond donors (Lipinski definition) is 2. The smallest absolute Gasteiger partial charge is 0.418 e. The van der Waals surface area contributed by atoms with Crippen LogP contribution >= 0.6 is 55.1 Å². The average molecular weight is 669 g/mol. The summed E-state index contributed by atoms with van der Waals surface area (Å²) in [5.74, 6) is -1.44. The molecule has 1 fully saturated rings. The Hall–Kier alpha value is -0.820. The van der Waals surface area contributed by atoms with Crippen LogP contribution in [0.2, 0.25) is 0 Å². The number of ether oxygens (including phenoxy) is 3. The molecule has 0 spiro atoms. The molecule has 1 heterocycles. The molecule has 1 saturated heterocycles. The highest BCUT2D eigenvalue weighted by molar-refractivity contribution is 9.12. The van der Waals surface area contributed by atoms with Gasteiger partial charge in [0.25, 0.3) is 0 Å². The van der Waals surface area contributed by atoms with Crippen LogP contribution in [0.5, 0.6) is 0 Å². The first-order valence-electron chi connectivity index (χ1n) is 10.8. The standard InChI is InChI=1S/C10H13BrO4.C6H9BrO2.C4H8O.C2Cl2O2/c1-6-3-4-8(7(11)5-6)15-10(13)9(12)14-2;7-5-3-4(8)1-2-6(5)9;1-2-4-5-3-1;3-1(5)2(4)6/h5-6,8H,3-4H2,1-2H3;3-4,6,8-9H,1-2H2;1-4H2;. The molecule has 0 amide bonds. The molecule has 0 aromatic carbocycles. The van der Waals surface area contributed by atoms with Crippen molar-refractivity contribution in [3.05, 3.63) is 21.1 Å². The number of aliphatic hydroxyl groups excluding tert-OH is 2. The monoisotopic (exact) mass is 666 g/mol. The molecule has 0 aromatic rings. The Kier molecular flexibility index (Phi) is 18.9. The molecule has 0 radical (unpaired) electrons. The highest BCUT2D eigenvalue weighted by atomic mass is 79.9. The predicted octanol–water partition coefficient (Wildman–Crippen LogP) is 3.87. The number of halogens is 4. The third-order valence-corrected chi connectivity index (χ3v) is 6.63. The van der Waals surface area contributed by atoms with E-state index in [1.807, 2.05) is 6.08 Å². The lowest BCUT2D eigenvalue weighted by atomic mass is 9.96.